The molecule has 4 nitrogen and oxygen atoms in total. The molecule has 1 saturated heterocycles. The van der Waals surface area contributed by atoms with Crippen molar-refractivity contribution in [1.29, 1.82) is 0 Å². The van der Waals surface area contributed by atoms with Crippen LogP contribution >= 0.6 is 0 Å². The number of hydrogen-bond donors (Lipinski definition) is 1. The molecule has 0 radical (unpaired) electrons. The van der Waals surface area contributed by atoms with Gasteiger partial charge in [-0.3, -0.25) is 9.88 Å². The van der Waals surface area contributed by atoms with Crippen molar-refractivity contribution in [2.75, 3.05) is 20.2 Å². The van der Waals surface area contributed by atoms with Gasteiger partial charge in [0.15, 0.2) is 0 Å². The lowest BCUT2D eigenvalue weighted by atomic mass is 10.0. The van der Waals surface area contributed by atoms with Gasteiger partial charge in [0, 0.05) is 37.4 Å². The standard InChI is InChI=1S/C18H22N2O2/c1-22-17-7-4-5-14(11-17)18-12-16(21)13-20(18)10-8-15-6-2-3-9-19-15/h2-7,9,11,16,18,21H,8,10,12-13H2,1H3/t16-,18-/m0/s1. The number of ether oxygens (including phenoxy) is 1. The van der Waals surface area contributed by atoms with E-state index in [1.807, 2.05) is 36.5 Å². The van der Waals surface area contributed by atoms with E-state index in [-0.39, 0.29) is 12.1 Å². The third kappa shape index (κ3) is 3.46. The van der Waals surface area contributed by atoms with Crippen molar-refractivity contribution >= 4 is 0 Å². The van der Waals surface area contributed by atoms with Gasteiger partial charge >= 0.3 is 0 Å². The summed E-state index contributed by atoms with van der Waals surface area (Å²) in [6.07, 6.45) is 3.23. The average molecular weight is 298 g/mol. The summed E-state index contributed by atoms with van der Waals surface area (Å²) < 4.78 is 5.31. The molecule has 0 bridgehead atoms. The minimum Gasteiger partial charge on any atom is -0.497 e. The molecule has 0 spiro atoms. The summed E-state index contributed by atoms with van der Waals surface area (Å²) in [6.45, 7) is 1.62. The van der Waals surface area contributed by atoms with Crippen LogP contribution in [0.1, 0.15) is 23.7 Å². The highest BCUT2D eigenvalue weighted by molar-refractivity contribution is 5.31. The van der Waals surface area contributed by atoms with Crippen molar-refractivity contribution in [1.82, 2.24) is 9.88 Å². The Kier molecular flexibility index (Phi) is 4.71. The fourth-order valence-corrected chi connectivity index (χ4v) is 3.13. The third-order valence-electron chi connectivity index (χ3n) is 4.24. The molecule has 1 aromatic heterocycles. The molecule has 1 fully saturated rings. The van der Waals surface area contributed by atoms with E-state index in [1.165, 1.54) is 5.56 Å². The molecule has 1 aromatic carbocycles. The van der Waals surface area contributed by atoms with Crippen LogP contribution in [0, 0.1) is 0 Å². The summed E-state index contributed by atoms with van der Waals surface area (Å²) in [5.74, 6) is 0.864. The molecular weight excluding hydrogens is 276 g/mol. The Labute approximate surface area is 131 Å². The number of aliphatic hydroxyl groups excluding tert-OH is 1. The average Bonchev–Trinajstić information content (AvgIpc) is 2.95. The maximum Gasteiger partial charge on any atom is 0.119 e. The topological polar surface area (TPSA) is 45.6 Å². The van der Waals surface area contributed by atoms with Crippen molar-refractivity contribution < 1.29 is 9.84 Å². The Bertz CT molecular complexity index is 603. The van der Waals surface area contributed by atoms with Crippen LogP contribution in [0.15, 0.2) is 48.7 Å². The van der Waals surface area contributed by atoms with Gasteiger partial charge in [0.1, 0.15) is 5.75 Å². The van der Waals surface area contributed by atoms with E-state index in [9.17, 15) is 5.11 Å². The van der Waals surface area contributed by atoms with Gasteiger partial charge in [0.05, 0.1) is 13.2 Å². The SMILES string of the molecule is COc1cccc([C@@H]2C[C@H](O)CN2CCc2ccccn2)c1. The predicted molar refractivity (Wildman–Crippen MR) is 85.9 cm³/mol. The van der Waals surface area contributed by atoms with Crippen molar-refractivity contribution in [2.24, 2.45) is 0 Å². The van der Waals surface area contributed by atoms with E-state index in [0.717, 1.165) is 30.8 Å². The fraction of sp³-hybridized carbons (Fsp3) is 0.389. The largest absolute Gasteiger partial charge is 0.497 e. The van der Waals surface area contributed by atoms with Crippen LogP contribution in [0.3, 0.4) is 0 Å². The van der Waals surface area contributed by atoms with Crippen LogP contribution < -0.4 is 4.74 Å². The van der Waals surface area contributed by atoms with Gasteiger partial charge in [-0.1, -0.05) is 18.2 Å². The second kappa shape index (κ2) is 6.90. The van der Waals surface area contributed by atoms with Gasteiger partial charge in [-0.05, 0) is 36.2 Å². The Morgan fingerprint density at radius 3 is 2.95 bits per heavy atom. The van der Waals surface area contributed by atoms with Crippen LogP contribution in [0.5, 0.6) is 5.75 Å². The highest BCUT2D eigenvalue weighted by atomic mass is 16.5. The zero-order valence-corrected chi connectivity index (χ0v) is 12.9. The summed E-state index contributed by atoms with van der Waals surface area (Å²) in [5, 5.41) is 10.1. The fourth-order valence-electron chi connectivity index (χ4n) is 3.13. The predicted octanol–water partition coefficient (Wildman–Crippen LogP) is 2.44. The lowest BCUT2D eigenvalue weighted by molar-refractivity contribution is 0.175. The number of aromatic nitrogens is 1. The first-order valence-corrected chi connectivity index (χ1v) is 7.72. The van der Waals surface area contributed by atoms with Crippen molar-refractivity contribution in [2.45, 2.75) is 25.0 Å². The number of benzene rings is 1. The number of β-amino-alcohol motifs (C(OH)–C–C–N with tert-alkyl or cyclic N) is 1. The summed E-state index contributed by atoms with van der Waals surface area (Å²) in [6, 6.07) is 14.4. The minimum absolute atomic E-state index is 0.244. The molecule has 0 unspecified atom stereocenters. The van der Waals surface area contributed by atoms with Gasteiger partial charge < -0.3 is 9.84 Å². The number of nitrogens with zero attached hydrogens (tertiary/aromatic N) is 2. The maximum absolute atomic E-state index is 10.1. The number of pyridine rings is 1. The lowest BCUT2D eigenvalue weighted by Gasteiger charge is -2.24. The summed E-state index contributed by atoms with van der Waals surface area (Å²) >= 11 is 0. The van der Waals surface area contributed by atoms with Gasteiger partial charge in [0.2, 0.25) is 0 Å². The smallest absolute Gasteiger partial charge is 0.119 e. The zero-order valence-electron chi connectivity index (χ0n) is 12.9. The van der Waals surface area contributed by atoms with E-state index in [4.69, 9.17) is 4.74 Å². The second-order valence-corrected chi connectivity index (χ2v) is 5.75. The normalized spacial score (nSPS) is 21.9. The van der Waals surface area contributed by atoms with E-state index in [2.05, 4.69) is 22.0 Å². The first kappa shape index (κ1) is 15.0. The van der Waals surface area contributed by atoms with Crippen molar-refractivity contribution in [3.8, 4) is 5.75 Å². The van der Waals surface area contributed by atoms with Crippen LogP contribution in [-0.4, -0.2) is 41.3 Å². The molecule has 2 atom stereocenters. The molecule has 22 heavy (non-hydrogen) atoms. The maximum atomic E-state index is 10.1. The van der Waals surface area contributed by atoms with E-state index >= 15 is 0 Å². The summed E-state index contributed by atoms with van der Waals surface area (Å²) in [7, 11) is 1.68. The Balaban J connectivity index is 1.71. The van der Waals surface area contributed by atoms with E-state index in [0.29, 0.717) is 6.54 Å². The molecule has 0 amide bonds. The van der Waals surface area contributed by atoms with Crippen LogP contribution in [0.4, 0.5) is 0 Å². The number of rotatable bonds is 5. The highest BCUT2D eigenvalue weighted by Gasteiger charge is 2.31. The van der Waals surface area contributed by atoms with Crippen LogP contribution in [0.2, 0.25) is 0 Å². The first-order chi connectivity index (χ1) is 10.8. The van der Waals surface area contributed by atoms with Gasteiger partial charge in [0.25, 0.3) is 0 Å². The van der Waals surface area contributed by atoms with Crippen molar-refractivity contribution in [3.05, 3.63) is 59.9 Å². The molecule has 1 N–H and O–H groups in total. The molecule has 4 heteroatoms. The molecule has 2 aromatic rings. The number of methoxy groups -OCH3 is 1. The molecule has 1 aliphatic heterocycles. The zero-order chi connectivity index (χ0) is 15.4. The molecule has 116 valence electrons. The van der Waals surface area contributed by atoms with E-state index in [1.54, 1.807) is 7.11 Å². The monoisotopic (exact) mass is 298 g/mol. The Morgan fingerprint density at radius 1 is 1.27 bits per heavy atom. The lowest BCUT2D eigenvalue weighted by Crippen LogP contribution is -2.27. The first-order valence-electron chi connectivity index (χ1n) is 7.72. The van der Waals surface area contributed by atoms with Crippen LogP contribution in [0.25, 0.3) is 0 Å². The number of hydrogen-bond acceptors (Lipinski definition) is 4. The molecule has 1 aliphatic rings. The quantitative estimate of drug-likeness (QED) is 0.921. The van der Waals surface area contributed by atoms with Gasteiger partial charge in [-0.25, -0.2) is 0 Å². The Morgan fingerprint density at radius 2 is 2.18 bits per heavy atom. The molecule has 3 rings (SSSR count). The molecule has 2 heterocycles. The molecule has 0 aliphatic carbocycles. The van der Waals surface area contributed by atoms with E-state index < -0.39 is 0 Å². The highest BCUT2D eigenvalue weighted by Crippen LogP contribution is 2.33. The minimum atomic E-state index is -0.264. The second-order valence-electron chi connectivity index (χ2n) is 5.75. The summed E-state index contributed by atoms with van der Waals surface area (Å²) in [4.78, 5) is 6.72. The summed E-state index contributed by atoms with van der Waals surface area (Å²) in [5.41, 5.74) is 2.30. The number of likely N-dealkylation sites (tertiary alicyclic amines) is 1. The molecular formula is C18H22N2O2. The van der Waals surface area contributed by atoms with Crippen molar-refractivity contribution in [3.63, 3.8) is 0 Å². The molecule has 0 saturated carbocycles. The third-order valence-corrected chi connectivity index (χ3v) is 4.24. The Hall–Kier alpha value is -1.91. The van der Waals surface area contributed by atoms with Gasteiger partial charge in [-0.2, -0.15) is 0 Å². The number of aliphatic hydroxyl groups is 1. The van der Waals surface area contributed by atoms with Gasteiger partial charge in [-0.15, -0.1) is 0 Å². The van der Waals surface area contributed by atoms with Crippen LogP contribution in [-0.2, 0) is 6.42 Å².